The van der Waals surface area contributed by atoms with Crippen LogP contribution in [0.15, 0.2) is 24.3 Å². The number of carbonyl (C=O) groups excluding carboxylic acids is 1. The molecule has 0 saturated heterocycles. The van der Waals surface area contributed by atoms with E-state index in [4.69, 9.17) is 0 Å². The fraction of sp³-hybridized carbons (Fsp3) is 0.364. The largest absolute Gasteiger partial charge is 0.416 e. The maximum atomic E-state index is 12.3. The molecule has 4 nitrogen and oxygen atoms in total. The summed E-state index contributed by atoms with van der Waals surface area (Å²) < 4.78 is 36.8. The second-order valence-electron chi connectivity index (χ2n) is 3.51. The Kier molecular flexibility index (Phi) is 4.96. The molecule has 18 heavy (non-hydrogen) atoms. The van der Waals surface area contributed by atoms with Crippen molar-refractivity contribution < 1.29 is 22.8 Å². The predicted molar refractivity (Wildman–Crippen MR) is 58.7 cm³/mol. The van der Waals surface area contributed by atoms with Gasteiger partial charge in [-0.1, -0.05) is 12.1 Å². The van der Waals surface area contributed by atoms with Gasteiger partial charge in [0.2, 0.25) is 0 Å². The molecule has 0 fully saturated rings. The predicted octanol–water partition coefficient (Wildman–Crippen LogP) is 2.11. The average Bonchev–Trinajstić information content (AvgIpc) is 2.29. The Morgan fingerprint density at radius 2 is 1.89 bits per heavy atom. The molecule has 0 aliphatic heterocycles. The molecule has 0 bridgehead atoms. The van der Waals surface area contributed by atoms with Gasteiger partial charge in [-0.05, 0) is 24.1 Å². The Bertz CT molecular complexity index is 390. The minimum absolute atomic E-state index is 0.306. The fourth-order valence-electron chi connectivity index (χ4n) is 1.31. The average molecular weight is 262 g/mol. The van der Waals surface area contributed by atoms with Crippen molar-refractivity contribution >= 4 is 6.03 Å². The highest BCUT2D eigenvalue weighted by Crippen LogP contribution is 2.29. The maximum Gasteiger partial charge on any atom is 0.416 e. The number of amides is 2. The van der Waals surface area contributed by atoms with E-state index in [1.54, 1.807) is 0 Å². The minimum atomic E-state index is -4.32. The number of halogens is 3. The van der Waals surface area contributed by atoms with Crippen LogP contribution < -0.4 is 10.8 Å². The van der Waals surface area contributed by atoms with Crippen molar-refractivity contribution in [3.63, 3.8) is 0 Å². The van der Waals surface area contributed by atoms with Crippen LogP contribution in [0.4, 0.5) is 18.0 Å². The summed E-state index contributed by atoms with van der Waals surface area (Å²) in [5, 5.41) is 2.48. The first-order valence-electron chi connectivity index (χ1n) is 5.16. The second kappa shape index (κ2) is 6.25. The van der Waals surface area contributed by atoms with Crippen LogP contribution in [0, 0.1) is 0 Å². The molecule has 0 unspecified atom stereocenters. The van der Waals surface area contributed by atoms with Gasteiger partial charge in [-0.15, -0.1) is 0 Å². The minimum Gasteiger partial charge on any atom is -0.336 e. The molecule has 0 atom stereocenters. The highest BCUT2D eigenvalue weighted by Gasteiger charge is 2.29. The smallest absolute Gasteiger partial charge is 0.336 e. The molecule has 0 heterocycles. The monoisotopic (exact) mass is 262 g/mol. The summed E-state index contributed by atoms with van der Waals surface area (Å²) in [5.74, 6) is 0. The molecule has 2 amide bonds. The fourth-order valence-corrected chi connectivity index (χ4v) is 1.31. The lowest BCUT2D eigenvalue weighted by Crippen LogP contribution is -2.35. The Labute approximate surface area is 102 Å². The Balaban J connectivity index is 2.42. The normalized spacial score (nSPS) is 11.1. The van der Waals surface area contributed by atoms with Crippen LogP contribution in [0.2, 0.25) is 0 Å². The quantitative estimate of drug-likeness (QED) is 0.816. The molecule has 100 valence electrons. The van der Waals surface area contributed by atoms with Crippen molar-refractivity contribution in [2.45, 2.75) is 12.6 Å². The van der Waals surface area contributed by atoms with Gasteiger partial charge in [0.25, 0.3) is 0 Å². The van der Waals surface area contributed by atoms with Gasteiger partial charge in [0.15, 0.2) is 0 Å². The van der Waals surface area contributed by atoms with Crippen molar-refractivity contribution in [1.82, 2.24) is 10.8 Å². The zero-order chi connectivity index (χ0) is 13.6. The van der Waals surface area contributed by atoms with Gasteiger partial charge in [-0.2, -0.15) is 13.2 Å². The van der Waals surface area contributed by atoms with Gasteiger partial charge in [-0.25, -0.2) is 10.3 Å². The van der Waals surface area contributed by atoms with Crippen LogP contribution in [-0.4, -0.2) is 19.7 Å². The van der Waals surface area contributed by atoms with Crippen LogP contribution in [0.3, 0.4) is 0 Å². The first-order valence-corrected chi connectivity index (χ1v) is 5.16. The summed E-state index contributed by atoms with van der Waals surface area (Å²) in [5.41, 5.74) is 2.09. The van der Waals surface area contributed by atoms with Gasteiger partial charge in [0.05, 0.1) is 12.7 Å². The molecule has 1 rings (SSSR count). The zero-order valence-corrected chi connectivity index (χ0v) is 9.67. The van der Waals surface area contributed by atoms with Gasteiger partial charge >= 0.3 is 12.2 Å². The summed E-state index contributed by atoms with van der Waals surface area (Å²) in [6.45, 7) is 0.306. The zero-order valence-electron chi connectivity index (χ0n) is 9.67. The van der Waals surface area contributed by atoms with Gasteiger partial charge in [0, 0.05) is 6.54 Å². The molecular formula is C11H13F3N2O2. The standard InChI is InChI=1S/C11H13F3N2O2/c1-18-16-10(17)15-7-6-8-2-4-9(5-3-8)11(12,13)14/h2-5H,6-7H2,1H3,(H2,15,16,17). The molecule has 0 aliphatic rings. The molecular weight excluding hydrogens is 249 g/mol. The van der Waals surface area contributed by atoms with Crippen LogP contribution >= 0.6 is 0 Å². The van der Waals surface area contributed by atoms with Crippen molar-refractivity contribution in [2.24, 2.45) is 0 Å². The third kappa shape index (κ3) is 4.62. The Hall–Kier alpha value is -1.76. The summed E-state index contributed by atoms with van der Waals surface area (Å²) in [7, 11) is 1.30. The molecule has 1 aromatic rings. The lowest BCUT2D eigenvalue weighted by molar-refractivity contribution is -0.137. The summed E-state index contributed by atoms with van der Waals surface area (Å²) >= 11 is 0. The SMILES string of the molecule is CONC(=O)NCCc1ccc(C(F)(F)F)cc1. The lowest BCUT2D eigenvalue weighted by Gasteiger charge is -2.08. The molecule has 0 radical (unpaired) electrons. The molecule has 0 saturated carbocycles. The van der Waals surface area contributed by atoms with Gasteiger partial charge < -0.3 is 5.32 Å². The van der Waals surface area contributed by atoms with Crippen LogP contribution in [-0.2, 0) is 17.4 Å². The number of hydrogen-bond acceptors (Lipinski definition) is 2. The van der Waals surface area contributed by atoms with E-state index in [0.29, 0.717) is 18.5 Å². The molecule has 2 N–H and O–H groups in total. The molecule has 1 aromatic carbocycles. The van der Waals surface area contributed by atoms with E-state index >= 15 is 0 Å². The number of hydroxylamine groups is 1. The van der Waals surface area contributed by atoms with E-state index in [9.17, 15) is 18.0 Å². The number of benzene rings is 1. The van der Waals surface area contributed by atoms with Crippen LogP contribution in [0.25, 0.3) is 0 Å². The highest BCUT2D eigenvalue weighted by molar-refractivity contribution is 5.72. The summed E-state index contributed by atoms with van der Waals surface area (Å²) in [6.07, 6.45) is -3.88. The lowest BCUT2D eigenvalue weighted by atomic mass is 10.1. The molecule has 7 heteroatoms. The number of alkyl halides is 3. The van der Waals surface area contributed by atoms with Crippen molar-refractivity contribution in [3.05, 3.63) is 35.4 Å². The number of carbonyl (C=O) groups is 1. The third-order valence-corrected chi connectivity index (χ3v) is 2.18. The number of rotatable bonds is 4. The van der Waals surface area contributed by atoms with E-state index in [-0.39, 0.29) is 0 Å². The summed E-state index contributed by atoms with van der Waals surface area (Å²) in [6, 6.07) is 4.32. The van der Waals surface area contributed by atoms with E-state index in [1.165, 1.54) is 19.2 Å². The Morgan fingerprint density at radius 1 is 1.28 bits per heavy atom. The number of urea groups is 1. The van der Waals surface area contributed by atoms with Crippen molar-refractivity contribution in [2.75, 3.05) is 13.7 Å². The molecule has 0 spiro atoms. The number of nitrogens with one attached hydrogen (secondary N) is 2. The van der Waals surface area contributed by atoms with Crippen molar-refractivity contribution in [1.29, 1.82) is 0 Å². The first-order chi connectivity index (χ1) is 8.43. The topological polar surface area (TPSA) is 50.4 Å². The molecule has 0 aliphatic carbocycles. The highest BCUT2D eigenvalue weighted by atomic mass is 19.4. The van der Waals surface area contributed by atoms with Crippen molar-refractivity contribution in [3.8, 4) is 0 Å². The third-order valence-electron chi connectivity index (χ3n) is 2.18. The van der Waals surface area contributed by atoms with Crippen LogP contribution in [0.5, 0.6) is 0 Å². The van der Waals surface area contributed by atoms with E-state index < -0.39 is 17.8 Å². The van der Waals surface area contributed by atoms with E-state index in [0.717, 1.165) is 12.1 Å². The first kappa shape index (κ1) is 14.3. The number of hydrogen-bond donors (Lipinski definition) is 2. The van der Waals surface area contributed by atoms with Crippen LogP contribution in [0.1, 0.15) is 11.1 Å². The van der Waals surface area contributed by atoms with E-state index in [2.05, 4.69) is 15.6 Å². The maximum absolute atomic E-state index is 12.3. The van der Waals surface area contributed by atoms with Gasteiger partial charge in [0.1, 0.15) is 0 Å². The summed E-state index contributed by atoms with van der Waals surface area (Å²) in [4.78, 5) is 15.3. The van der Waals surface area contributed by atoms with Gasteiger partial charge in [-0.3, -0.25) is 4.84 Å². The second-order valence-corrected chi connectivity index (χ2v) is 3.51. The molecule has 0 aromatic heterocycles. The van der Waals surface area contributed by atoms with E-state index in [1.807, 2.05) is 0 Å². The Morgan fingerprint density at radius 3 is 2.39 bits per heavy atom.